The molecule has 0 saturated heterocycles. The Kier molecular flexibility index (Phi) is 21.6. The highest BCUT2D eigenvalue weighted by atomic mass is 19.4. The maximum Gasteiger partial charge on any atom is 0.417 e. The van der Waals surface area contributed by atoms with Crippen molar-refractivity contribution in [2.45, 2.75) is 31.1 Å². The van der Waals surface area contributed by atoms with Crippen molar-refractivity contribution in [3.63, 3.8) is 0 Å². The van der Waals surface area contributed by atoms with Gasteiger partial charge in [0.2, 0.25) is 0 Å². The van der Waals surface area contributed by atoms with Gasteiger partial charge in [0.05, 0.1) is 95.1 Å². The number of halogens is 12. The Labute approximate surface area is 836 Å². The van der Waals surface area contributed by atoms with Gasteiger partial charge < -0.3 is 18.3 Å². The third kappa shape index (κ3) is 15.6. The predicted molar refractivity (Wildman–Crippen MR) is 564 cm³/mol. The monoisotopic (exact) mass is 1960 g/mol. The number of para-hydroxylation sites is 7. The molecule has 0 saturated carbocycles. The Morgan fingerprint density at radius 2 is 0.669 bits per heavy atom. The largest absolute Gasteiger partial charge is 0.417 e. The van der Waals surface area contributed by atoms with Gasteiger partial charge in [-0.15, -0.1) is 0 Å². The molecular weight excluding hydrogens is 1880 g/mol. The van der Waals surface area contributed by atoms with Gasteiger partial charge in [0.25, 0.3) is 0 Å². The van der Waals surface area contributed by atoms with Crippen LogP contribution in [0, 0.1) is 11.3 Å². The number of aliphatic imine (C=N–C) groups is 2. The van der Waals surface area contributed by atoms with Gasteiger partial charge in [0.15, 0.2) is 23.3 Å². The van der Waals surface area contributed by atoms with Gasteiger partial charge in [-0.25, -0.2) is 24.9 Å². The van der Waals surface area contributed by atoms with Crippen LogP contribution in [0.3, 0.4) is 0 Å². The highest BCUT2D eigenvalue weighted by Gasteiger charge is 2.42. The van der Waals surface area contributed by atoms with E-state index < -0.39 is 58.1 Å². The number of amidine groups is 2. The molecular formula is C125H73F12N11. The van der Waals surface area contributed by atoms with Crippen LogP contribution in [0.15, 0.2) is 452 Å². The third-order valence-corrected chi connectivity index (χ3v) is 27.8. The van der Waals surface area contributed by atoms with Crippen LogP contribution >= 0.6 is 0 Å². The Bertz CT molecular complexity index is 9440. The standard InChI is InChI=1S/C125H73F12N11/c126-122(127,128)84-54-58-90(104(71-84)124(132,133)134)78-50-61-109-100(66-78)101-67-79(91-59-55-85(123(129,130)131)72-105(91)125(135,136)137)51-62-110(101)147(109)111-63-52-81(93-43-26-45-99-96-41-21-23-47-107(96)145(115(93)99)87-37-17-6-18-38-87)69-103(111)119-142-120(76-31-11-3-12-32-76)146(121(143-119)77-33-13-4-14-34-77)88-56-60-89(83(65-88)73-138)82-49-57-97-94-39-19-24-48-108(94)148(113(97)70-82)112-64-53-80(92-42-25-44-98-95-40-20-22-46-106(95)144(114(92)98)86-35-15-5-16-36-86)68-102(112)118-140-116(74-27-7-1-8-28-74)139-117(141-118)75-29-9-2-10-30-75/h1-33,35-72H,34H2. The van der Waals surface area contributed by atoms with E-state index in [1.807, 2.05) is 266 Å². The summed E-state index contributed by atoms with van der Waals surface area (Å²) in [6, 6.07) is 124. The molecule has 18 aromatic carbocycles. The summed E-state index contributed by atoms with van der Waals surface area (Å²) in [5.41, 5.74) is 9.45. The van der Waals surface area contributed by atoms with E-state index in [-0.39, 0.29) is 56.5 Å². The second-order valence-corrected chi connectivity index (χ2v) is 36.4. The molecule has 0 N–H and O–H groups in total. The normalized spacial score (nSPS) is 13.7. The number of hydrogen-bond donors (Lipinski definition) is 0. The molecule has 23 aromatic rings. The van der Waals surface area contributed by atoms with E-state index in [2.05, 4.69) is 117 Å². The summed E-state index contributed by atoms with van der Waals surface area (Å²) in [6.07, 6.45) is -13.1. The number of benzene rings is 18. The molecule has 0 fully saturated rings. The summed E-state index contributed by atoms with van der Waals surface area (Å²) >= 11 is 0. The molecule has 0 unspecified atom stereocenters. The van der Waals surface area contributed by atoms with Gasteiger partial charge in [0, 0.05) is 93.4 Å². The fraction of sp³-hybridized carbons (Fsp3) is 0.0400. The molecule has 0 spiro atoms. The molecule has 1 aliphatic carbocycles. The van der Waals surface area contributed by atoms with Gasteiger partial charge in [-0.2, -0.15) is 57.9 Å². The van der Waals surface area contributed by atoms with Crippen molar-refractivity contribution in [3.8, 4) is 119 Å². The quantitative estimate of drug-likeness (QED) is 0.0950. The number of anilines is 1. The lowest BCUT2D eigenvalue weighted by Gasteiger charge is -2.32. The maximum absolute atomic E-state index is 15.5. The molecule has 5 aromatic heterocycles. The van der Waals surface area contributed by atoms with Crippen LogP contribution in [0.25, 0.3) is 200 Å². The van der Waals surface area contributed by atoms with Crippen LogP contribution in [0.4, 0.5) is 58.4 Å². The van der Waals surface area contributed by atoms with Crippen LogP contribution in [0.5, 0.6) is 0 Å². The van der Waals surface area contributed by atoms with E-state index in [0.717, 1.165) is 110 Å². The molecule has 148 heavy (non-hydrogen) atoms. The van der Waals surface area contributed by atoms with E-state index >= 15 is 26.3 Å². The zero-order chi connectivity index (χ0) is 101. The number of nitriles is 1. The number of alkyl halides is 12. The molecule has 23 heteroatoms. The Hall–Kier alpha value is -18.8. The average Bonchev–Trinajstić information content (AvgIpc) is 1.63. The fourth-order valence-electron chi connectivity index (χ4n) is 21.2. The summed E-state index contributed by atoms with van der Waals surface area (Å²) in [5, 5.41) is 18.1. The van der Waals surface area contributed by atoms with Crippen molar-refractivity contribution in [3.05, 3.63) is 481 Å². The van der Waals surface area contributed by atoms with Crippen molar-refractivity contribution in [2.24, 2.45) is 9.98 Å². The van der Waals surface area contributed by atoms with Crippen LogP contribution in [0.1, 0.15) is 45.4 Å². The summed E-state index contributed by atoms with van der Waals surface area (Å²) in [4.78, 5) is 29.6. The fourth-order valence-corrected chi connectivity index (χ4v) is 21.2. The van der Waals surface area contributed by atoms with Crippen molar-refractivity contribution in [1.82, 2.24) is 33.2 Å². The Balaban J connectivity index is 0.696. The minimum absolute atomic E-state index is 0.0181. The molecule has 0 amide bonds. The smallest absolute Gasteiger partial charge is 0.309 e. The SMILES string of the molecule is N#Cc1cc(N2C(c3ccccc3)=NC(c3cc(-c4cccc5c6ccccc6n(-c6ccccc6)c45)ccc3-n3c4ccc(-c5ccc(C(F)(F)F)cc5C(F)(F)F)cc4c4cc(-c5ccc(C(F)(F)F)cc5C(F)(F)F)ccc43)=NC2=C2C=CC=CC2)ccc1-c1ccc2c3ccccc3n(-c3ccc(-c4cccc5c6ccccc6n(-c6ccccc6)c45)cc3-c3nc(-c4ccccc4)nc(-c4ccccc4)n3)c2c1. The Morgan fingerprint density at radius 3 is 1.16 bits per heavy atom. The first-order valence-corrected chi connectivity index (χ1v) is 47.6. The maximum atomic E-state index is 15.5. The van der Waals surface area contributed by atoms with E-state index in [9.17, 15) is 31.6 Å². The number of allylic oxidation sites excluding steroid dienone is 5. The first-order valence-electron chi connectivity index (χ1n) is 47.6. The molecule has 712 valence electrons. The number of aromatic nitrogens is 7. The second-order valence-electron chi connectivity index (χ2n) is 36.4. The predicted octanol–water partition coefficient (Wildman–Crippen LogP) is 34.0. The number of hydrogen-bond acceptors (Lipinski definition) is 7. The topological polar surface area (TPSA) is 110 Å². The first-order chi connectivity index (χ1) is 71.9. The number of nitrogens with zero attached hydrogens (tertiary/aromatic N) is 11. The summed E-state index contributed by atoms with van der Waals surface area (Å²) < 4.78 is 188. The number of fused-ring (bicyclic) bond motifs is 12. The highest BCUT2D eigenvalue weighted by Crippen LogP contribution is 2.52. The molecule has 0 atom stereocenters. The lowest BCUT2D eigenvalue weighted by molar-refractivity contribution is -0.144. The molecule has 6 heterocycles. The minimum atomic E-state index is -5.37. The molecule has 2 aliphatic rings. The highest BCUT2D eigenvalue weighted by molar-refractivity contribution is 6.24. The average molecular weight is 1960 g/mol. The van der Waals surface area contributed by atoms with Crippen LogP contribution < -0.4 is 4.90 Å². The van der Waals surface area contributed by atoms with Gasteiger partial charge >= 0.3 is 24.7 Å². The second kappa shape index (κ2) is 35.3. The molecule has 11 nitrogen and oxygen atoms in total. The first kappa shape index (κ1) is 90.5. The van der Waals surface area contributed by atoms with E-state index in [1.165, 1.54) is 36.4 Å². The van der Waals surface area contributed by atoms with Gasteiger partial charge in [-0.3, -0.25) is 4.90 Å². The zero-order valence-corrected chi connectivity index (χ0v) is 77.7. The van der Waals surface area contributed by atoms with Crippen molar-refractivity contribution < 1.29 is 52.7 Å². The molecule has 25 rings (SSSR count). The Morgan fingerprint density at radius 1 is 0.264 bits per heavy atom. The van der Waals surface area contributed by atoms with Crippen molar-refractivity contribution >= 4 is 105 Å². The zero-order valence-electron chi connectivity index (χ0n) is 77.7. The third-order valence-electron chi connectivity index (χ3n) is 27.8. The van der Waals surface area contributed by atoms with Crippen LogP contribution in [-0.4, -0.2) is 44.9 Å². The van der Waals surface area contributed by atoms with Crippen molar-refractivity contribution in [2.75, 3.05) is 4.90 Å². The molecule has 0 radical (unpaired) electrons. The van der Waals surface area contributed by atoms with Crippen LogP contribution in [-0.2, 0) is 24.7 Å². The summed E-state index contributed by atoms with van der Waals surface area (Å²) in [6.45, 7) is 0. The lowest BCUT2D eigenvalue weighted by atomic mass is 9.94. The lowest BCUT2D eigenvalue weighted by Crippen LogP contribution is -2.36. The summed E-state index contributed by atoms with van der Waals surface area (Å²) in [7, 11) is 0. The van der Waals surface area contributed by atoms with E-state index in [4.69, 9.17) is 24.9 Å². The van der Waals surface area contributed by atoms with Gasteiger partial charge in [-0.05, 0) is 190 Å². The number of rotatable bonds is 15. The van der Waals surface area contributed by atoms with Gasteiger partial charge in [-0.1, -0.05) is 297 Å². The minimum Gasteiger partial charge on any atom is -0.309 e. The van der Waals surface area contributed by atoms with Crippen LogP contribution in [0.2, 0.25) is 0 Å². The van der Waals surface area contributed by atoms with Gasteiger partial charge in [0.1, 0.15) is 11.7 Å². The van der Waals surface area contributed by atoms with Crippen molar-refractivity contribution in [1.29, 1.82) is 5.26 Å². The summed E-state index contributed by atoms with van der Waals surface area (Å²) in [5.74, 6) is 2.08. The van der Waals surface area contributed by atoms with E-state index in [0.29, 0.717) is 110 Å². The van der Waals surface area contributed by atoms with E-state index in [1.54, 1.807) is 4.57 Å². The molecule has 1 aliphatic heterocycles. The molecule has 0 bridgehead atoms.